The third-order valence-corrected chi connectivity index (χ3v) is 4.78. The Bertz CT molecular complexity index is 540. The fourth-order valence-corrected chi connectivity index (χ4v) is 3.50. The van der Waals surface area contributed by atoms with Crippen LogP contribution in [0.3, 0.4) is 0 Å². The van der Waals surface area contributed by atoms with Crippen molar-refractivity contribution in [1.29, 1.82) is 0 Å². The zero-order valence-corrected chi connectivity index (χ0v) is 13.5. The zero-order valence-electron chi connectivity index (χ0n) is 13.5. The second kappa shape index (κ2) is 7.59. The molecular weight excluding hydrogens is 290 g/mol. The summed E-state index contributed by atoms with van der Waals surface area (Å²) >= 11 is 0. The number of hydrogen-bond acceptors (Lipinski definition) is 3. The van der Waals surface area contributed by atoms with Gasteiger partial charge in [0.05, 0.1) is 12.5 Å². The van der Waals surface area contributed by atoms with Crippen molar-refractivity contribution < 1.29 is 9.59 Å². The van der Waals surface area contributed by atoms with Crippen molar-refractivity contribution in [2.24, 2.45) is 0 Å². The van der Waals surface area contributed by atoms with Crippen molar-refractivity contribution in [2.75, 3.05) is 32.7 Å². The van der Waals surface area contributed by atoms with Crippen molar-refractivity contribution >= 4 is 11.8 Å². The first-order valence-corrected chi connectivity index (χ1v) is 8.57. The predicted octanol–water partition coefficient (Wildman–Crippen LogP) is 1.56. The fraction of sp³-hybridized carbons (Fsp3) is 0.556. The molecule has 3 rings (SSSR count). The number of carbonyl (C=O) groups excluding carboxylic acids is 2. The van der Waals surface area contributed by atoms with E-state index in [1.807, 2.05) is 35.2 Å². The van der Waals surface area contributed by atoms with Crippen LogP contribution in [0, 0.1) is 0 Å². The summed E-state index contributed by atoms with van der Waals surface area (Å²) in [7, 11) is 0. The Labute approximate surface area is 137 Å². The van der Waals surface area contributed by atoms with Gasteiger partial charge in [-0.25, -0.2) is 0 Å². The lowest BCUT2D eigenvalue weighted by atomic mass is 10.0. The summed E-state index contributed by atoms with van der Waals surface area (Å²) < 4.78 is 0. The van der Waals surface area contributed by atoms with Gasteiger partial charge in [-0.2, -0.15) is 0 Å². The van der Waals surface area contributed by atoms with Crippen molar-refractivity contribution in [3.8, 4) is 0 Å². The van der Waals surface area contributed by atoms with Crippen LogP contribution in [0.5, 0.6) is 0 Å². The van der Waals surface area contributed by atoms with Gasteiger partial charge < -0.3 is 15.1 Å². The average Bonchev–Trinajstić information content (AvgIpc) is 3.01. The summed E-state index contributed by atoms with van der Waals surface area (Å²) in [5, 5.41) is 2.88. The van der Waals surface area contributed by atoms with E-state index in [9.17, 15) is 9.59 Å². The highest BCUT2D eigenvalue weighted by Crippen LogP contribution is 2.26. The number of nitrogens with one attached hydrogen (secondary N) is 1. The van der Waals surface area contributed by atoms with E-state index in [-0.39, 0.29) is 17.9 Å². The number of likely N-dealkylation sites (tertiary alicyclic amines) is 1. The Balaban J connectivity index is 1.70. The second-order valence-electron chi connectivity index (χ2n) is 6.37. The molecule has 124 valence electrons. The van der Waals surface area contributed by atoms with Crippen LogP contribution in [0.1, 0.15) is 37.3 Å². The van der Waals surface area contributed by atoms with E-state index < -0.39 is 0 Å². The monoisotopic (exact) mass is 315 g/mol. The maximum atomic E-state index is 12.8. The van der Waals surface area contributed by atoms with Crippen LogP contribution in [-0.4, -0.2) is 54.3 Å². The number of amides is 2. The number of carbonyl (C=O) groups is 2. The van der Waals surface area contributed by atoms with Gasteiger partial charge in [-0.15, -0.1) is 0 Å². The van der Waals surface area contributed by atoms with Crippen LogP contribution in [0.25, 0.3) is 0 Å². The third kappa shape index (κ3) is 4.10. The van der Waals surface area contributed by atoms with Crippen LogP contribution in [-0.2, 0) is 9.59 Å². The molecule has 0 saturated carbocycles. The molecule has 1 unspecified atom stereocenters. The Morgan fingerprint density at radius 3 is 2.61 bits per heavy atom. The summed E-state index contributed by atoms with van der Waals surface area (Å²) in [6, 6.07) is 9.74. The van der Waals surface area contributed by atoms with Gasteiger partial charge >= 0.3 is 0 Å². The third-order valence-electron chi connectivity index (χ3n) is 4.78. The molecule has 1 N–H and O–H groups in total. The van der Waals surface area contributed by atoms with Crippen molar-refractivity contribution in [1.82, 2.24) is 15.1 Å². The minimum absolute atomic E-state index is 0.0219. The topological polar surface area (TPSA) is 52.7 Å². The van der Waals surface area contributed by atoms with Crippen LogP contribution in [0.15, 0.2) is 30.3 Å². The Hall–Kier alpha value is -1.88. The molecule has 2 aliphatic heterocycles. The van der Waals surface area contributed by atoms with Crippen LogP contribution < -0.4 is 5.32 Å². The highest BCUT2D eigenvalue weighted by Gasteiger charge is 2.29. The van der Waals surface area contributed by atoms with Crippen molar-refractivity contribution in [3.63, 3.8) is 0 Å². The highest BCUT2D eigenvalue weighted by molar-refractivity contribution is 5.81. The quantitative estimate of drug-likeness (QED) is 0.917. The second-order valence-corrected chi connectivity index (χ2v) is 6.37. The molecule has 2 aliphatic rings. The molecule has 1 aromatic rings. The molecular formula is C18H25N3O2. The van der Waals surface area contributed by atoms with Crippen molar-refractivity contribution in [3.05, 3.63) is 35.9 Å². The normalized spacial score (nSPS) is 22.7. The number of rotatable bonds is 4. The Kier molecular flexibility index (Phi) is 5.28. The maximum Gasteiger partial charge on any atom is 0.224 e. The fourth-order valence-electron chi connectivity index (χ4n) is 3.50. The molecule has 0 aliphatic carbocycles. The molecule has 2 heterocycles. The van der Waals surface area contributed by atoms with Gasteiger partial charge in [0.25, 0.3) is 0 Å². The lowest BCUT2D eigenvalue weighted by Gasteiger charge is -2.30. The smallest absolute Gasteiger partial charge is 0.224 e. The van der Waals surface area contributed by atoms with Crippen LogP contribution in [0.4, 0.5) is 0 Å². The summed E-state index contributed by atoms with van der Waals surface area (Å²) in [6.07, 6.45) is 3.36. The molecule has 0 bridgehead atoms. The summed E-state index contributed by atoms with van der Waals surface area (Å²) in [4.78, 5) is 29.0. The molecule has 2 amide bonds. The molecule has 1 aromatic carbocycles. The van der Waals surface area contributed by atoms with Gasteiger partial charge in [0.1, 0.15) is 0 Å². The Morgan fingerprint density at radius 1 is 1.13 bits per heavy atom. The van der Waals surface area contributed by atoms with Gasteiger partial charge in [-0.05, 0) is 31.5 Å². The lowest BCUT2D eigenvalue weighted by molar-refractivity contribution is -0.134. The molecule has 0 aromatic heterocycles. The van der Waals surface area contributed by atoms with E-state index >= 15 is 0 Å². The highest BCUT2D eigenvalue weighted by atomic mass is 16.2. The Morgan fingerprint density at radius 2 is 1.87 bits per heavy atom. The van der Waals surface area contributed by atoms with Crippen LogP contribution in [0.2, 0.25) is 0 Å². The molecule has 2 fully saturated rings. The molecule has 1 atom stereocenters. The van der Waals surface area contributed by atoms with E-state index in [0.29, 0.717) is 25.9 Å². The summed E-state index contributed by atoms with van der Waals surface area (Å²) in [6.45, 7) is 4.17. The number of hydrogen-bond donors (Lipinski definition) is 1. The first-order chi connectivity index (χ1) is 11.2. The number of nitrogens with zero attached hydrogens (tertiary/aromatic N) is 2. The van der Waals surface area contributed by atoms with Gasteiger partial charge in [-0.3, -0.25) is 9.59 Å². The summed E-state index contributed by atoms with van der Waals surface area (Å²) in [5.74, 6) is 0.177. The SMILES string of the molecule is O=C1CC(c2ccccc2)N(C(=O)CCN2CCCC2)CCN1. The maximum absolute atomic E-state index is 12.8. The van der Waals surface area contributed by atoms with E-state index in [1.165, 1.54) is 12.8 Å². The zero-order chi connectivity index (χ0) is 16.1. The predicted molar refractivity (Wildman–Crippen MR) is 88.8 cm³/mol. The van der Waals surface area contributed by atoms with Crippen LogP contribution >= 0.6 is 0 Å². The van der Waals surface area contributed by atoms with E-state index in [4.69, 9.17) is 0 Å². The summed E-state index contributed by atoms with van der Waals surface area (Å²) in [5.41, 5.74) is 1.04. The van der Waals surface area contributed by atoms with Gasteiger partial charge in [0.2, 0.25) is 11.8 Å². The average molecular weight is 315 g/mol. The molecule has 23 heavy (non-hydrogen) atoms. The lowest BCUT2D eigenvalue weighted by Crippen LogP contribution is -2.38. The molecule has 5 nitrogen and oxygen atoms in total. The standard InChI is InChI=1S/C18H25N3O2/c22-17-14-16(15-6-2-1-3-7-15)21(13-9-19-17)18(23)8-12-20-10-4-5-11-20/h1-3,6-7,16H,4-5,8-14H2,(H,19,22). The first-order valence-electron chi connectivity index (χ1n) is 8.57. The number of benzene rings is 1. The molecule has 0 spiro atoms. The molecule has 2 saturated heterocycles. The minimum atomic E-state index is -0.148. The van der Waals surface area contributed by atoms with E-state index in [2.05, 4.69) is 10.2 Å². The van der Waals surface area contributed by atoms with Gasteiger partial charge in [0.15, 0.2) is 0 Å². The van der Waals surface area contributed by atoms with E-state index in [0.717, 1.165) is 25.2 Å². The first kappa shape index (κ1) is 16.0. The van der Waals surface area contributed by atoms with Crippen molar-refractivity contribution in [2.45, 2.75) is 31.7 Å². The largest absolute Gasteiger partial charge is 0.354 e. The molecule has 5 heteroatoms. The molecule has 0 radical (unpaired) electrons. The van der Waals surface area contributed by atoms with Gasteiger partial charge in [-0.1, -0.05) is 30.3 Å². The minimum Gasteiger partial charge on any atom is -0.354 e. The van der Waals surface area contributed by atoms with Gasteiger partial charge in [0, 0.05) is 26.1 Å². The van der Waals surface area contributed by atoms with E-state index in [1.54, 1.807) is 0 Å².